The Balaban J connectivity index is 2.03. The molecule has 1 aliphatic rings. The molecule has 0 saturated carbocycles. The fourth-order valence-corrected chi connectivity index (χ4v) is 2.04. The van der Waals surface area contributed by atoms with Gasteiger partial charge in [0.05, 0.1) is 0 Å². The summed E-state index contributed by atoms with van der Waals surface area (Å²) in [5, 5.41) is 0. The first-order valence-electron chi connectivity index (χ1n) is 6.26. The normalized spacial score (nSPS) is 14.4. The highest BCUT2D eigenvalue weighted by atomic mass is 16.7. The van der Waals surface area contributed by atoms with E-state index in [1.165, 1.54) is 0 Å². The second-order valence-corrected chi connectivity index (χ2v) is 4.60. The summed E-state index contributed by atoms with van der Waals surface area (Å²) in [5.41, 5.74) is 1.16. The summed E-state index contributed by atoms with van der Waals surface area (Å²) in [5.74, 6) is 1.76. The van der Waals surface area contributed by atoms with Crippen molar-refractivity contribution in [3.8, 4) is 11.5 Å². The molecule has 4 nitrogen and oxygen atoms in total. The lowest BCUT2D eigenvalue weighted by Gasteiger charge is -2.24. The van der Waals surface area contributed by atoms with Gasteiger partial charge in [0.25, 0.3) is 0 Å². The molecule has 0 bridgehead atoms. The van der Waals surface area contributed by atoms with Crippen LogP contribution >= 0.6 is 0 Å². The van der Waals surface area contributed by atoms with E-state index < -0.39 is 0 Å². The number of ether oxygens (including phenoxy) is 2. The Morgan fingerprint density at radius 3 is 2.83 bits per heavy atom. The lowest BCUT2D eigenvalue weighted by Crippen LogP contribution is -2.35. The SMILES string of the molecule is CCC(=O)N(C)C(C)Cc1ccc2c(c1)OCO2. The van der Waals surface area contributed by atoms with E-state index in [-0.39, 0.29) is 11.9 Å². The fraction of sp³-hybridized carbons (Fsp3) is 0.500. The molecule has 0 aromatic heterocycles. The molecule has 0 aliphatic carbocycles. The predicted octanol–water partition coefficient (Wildman–Crippen LogP) is 2.21. The van der Waals surface area contributed by atoms with E-state index in [0.717, 1.165) is 23.5 Å². The first-order valence-corrected chi connectivity index (χ1v) is 6.26. The van der Waals surface area contributed by atoms with Crippen molar-refractivity contribution in [2.24, 2.45) is 0 Å². The van der Waals surface area contributed by atoms with Crippen LogP contribution in [0.15, 0.2) is 18.2 Å². The predicted molar refractivity (Wildman–Crippen MR) is 68.8 cm³/mol. The molecule has 0 fully saturated rings. The summed E-state index contributed by atoms with van der Waals surface area (Å²) in [6.07, 6.45) is 1.36. The van der Waals surface area contributed by atoms with E-state index in [1.54, 1.807) is 4.90 Å². The largest absolute Gasteiger partial charge is 0.454 e. The van der Waals surface area contributed by atoms with Gasteiger partial charge in [-0.05, 0) is 31.0 Å². The highest BCUT2D eigenvalue weighted by Gasteiger charge is 2.17. The van der Waals surface area contributed by atoms with Crippen molar-refractivity contribution in [2.75, 3.05) is 13.8 Å². The molecule has 0 spiro atoms. The lowest BCUT2D eigenvalue weighted by atomic mass is 10.1. The van der Waals surface area contributed by atoms with Gasteiger partial charge in [-0.25, -0.2) is 0 Å². The van der Waals surface area contributed by atoms with Crippen molar-refractivity contribution >= 4 is 5.91 Å². The molecule has 1 amide bonds. The highest BCUT2D eigenvalue weighted by molar-refractivity contribution is 5.75. The fourth-order valence-electron chi connectivity index (χ4n) is 2.04. The van der Waals surface area contributed by atoms with Crippen LogP contribution in [0.4, 0.5) is 0 Å². The van der Waals surface area contributed by atoms with Crippen LogP contribution in [-0.2, 0) is 11.2 Å². The molecule has 98 valence electrons. The number of fused-ring (bicyclic) bond motifs is 1. The van der Waals surface area contributed by atoms with Crippen LogP contribution in [0.2, 0.25) is 0 Å². The molecular formula is C14H19NO3. The Hall–Kier alpha value is -1.71. The third kappa shape index (κ3) is 2.58. The molecule has 18 heavy (non-hydrogen) atoms. The minimum Gasteiger partial charge on any atom is -0.454 e. The number of hydrogen-bond donors (Lipinski definition) is 0. The van der Waals surface area contributed by atoms with E-state index >= 15 is 0 Å². The summed E-state index contributed by atoms with van der Waals surface area (Å²) in [7, 11) is 1.85. The van der Waals surface area contributed by atoms with Crippen LogP contribution in [0.25, 0.3) is 0 Å². The van der Waals surface area contributed by atoms with Crippen molar-refractivity contribution in [2.45, 2.75) is 32.7 Å². The van der Waals surface area contributed by atoms with Gasteiger partial charge in [-0.2, -0.15) is 0 Å². The number of rotatable bonds is 4. The Kier molecular flexibility index (Phi) is 3.75. The number of nitrogens with zero attached hydrogens (tertiary/aromatic N) is 1. The van der Waals surface area contributed by atoms with Crippen molar-refractivity contribution in [1.29, 1.82) is 0 Å². The molecule has 0 N–H and O–H groups in total. The number of benzene rings is 1. The molecule has 1 aromatic rings. The summed E-state index contributed by atoms with van der Waals surface area (Å²) >= 11 is 0. The van der Waals surface area contributed by atoms with Crippen LogP contribution in [-0.4, -0.2) is 30.7 Å². The van der Waals surface area contributed by atoms with Crippen LogP contribution in [0.1, 0.15) is 25.8 Å². The van der Waals surface area contributed by atoms with Gasteiger partial charge in [0.15, 0.2) is 11.5 Å². The third-order valence-corrected chi connectivity index (χ3v) is 3.33. The van der Waals surface area contributed by atoms with E-state index in [9.17, 15) is 4.79 Å². The van der Waals surface area contributed by atoms with Gasteiger partial charge in [-0.15, -0.1) is 0 Å². The van der Waals surface area contributed by atoms with Crippen LogP contribution < -0.4 is 9.47 Å². The minimum atomic E-state index is 0.170. The summed E-state index contributed by atoms with van der Waals surface area (Å²) < 4.78 is 10.6. The molecule has 0 saturated heterocycles. The van der Waals surface area contributed by atoms with Crippen molar-refractivity contribution in [1.82, 2.24) is 4.90 Å². The number of likely N-dealkylation sites (N-methyl/N-ethyl adjacent to an activating group) is 1. The first kappa shape index (κ1) is 12.7. The first-order chi connectivity index (χ1) is 8.61. The molecule has 1 aromatic carbocycles. The average molecular weight is 249 g/mol. The number of hydrogen-bond acceptors (Lipinski definition) is 3. The topological polar surface area (TPSA) is 38.8 Å². The maximum absolute atomic E-state index is 11.6. The Labute approximate surface area is 107 Å². The molecule has 1 aliphatic heterocycles. The number of carbonyl (C=O) groups is 1. The van der Waals surface area contributed by atoms with Gasteiger partial charge in [0, 0.05) is 19.5 Å². The summed E-state index contributed by atoms with van der Waals surface area (Å²) in [6.45, 7) is 4.23. The third-order valence-electron chi connectivity index (χ3n) is 3.33. The maximum atomic E-state index is 11.6. The van der Waals surface area contributed by atoms with E-state index in [0.29, 0.717) is 13.2 Å². The molecule has 2 rings (SSSR count). The molecule has 1 unspecified atom stereocenters. The molecule has 4 heteroatoms. The summed E-state index contributed by atoms with van der Waals surface area (Å²) in [6, 6.07) is 6.11. The van der Waals surface area contributed by atoms with Gasteiger partial charge in [-0.1, -0.05) is 13.0 Å². The standard InChI is InChI=1S/C14H19NO3/c1-4-14(16)15(3)10(2)7-11-5-6-12-13(8-11)18-9-17-12/h5-6,8,10H,4,7,9H2,1-3H3. The smallest absolute Gasteiger partial charge is 0.231 e. The zero-order valence-corrected chi connectivity index (χ0v) is 11.1. The Morgan fingerprint density at radius 2 is 2.11 bits per heavy atom. The van der Waals surface area contributed by atoms with Crippen LogP contribution in [0.5, 0.6) is 11.5 Å². The lowest BCUT2D eigenvalue weighted by molar-refractivity contribution is -0.131. The van der Waals surface area contributed by atoms with Gasteiger partial charge in [0.1, 0.15) is 0 Å². The number of carbonyl (C=O) groups excluding carboxylic acids is 1. The average Bonchev–Trinajstić information content (AvgIpc) is 2.84. The second-order valence-electron chi connectivity index (χ2n) is 4.60. The van der Waals surface area contributed by atoms with Gasteiger partial charge in [0.2, 0.25) is 12.7 Å². The minimum absolute atomic E-state index is 0.170. The van der Waals surface area contributed by atoms with Gasteiger partial charge >= 0.3 is 0 Å². The summed E-state index contributed by atoms with van der Waals surface area (Å²) in [4.78, 5) is 13.4. The van der Waals surface area contributed by atoms with Crippen LogP contribution in [0.3, 0.4) is 0 Å². The van der Waals surface area contributed by atoms with E-state index in [4.69, 9.17) is 9.47 Å². The Bertz CT molecular complexity index is 445. The zero-order valence-electron chi connectivity index (χ0n) is 11.1. The Morgan fingerprint density at radius 1 is 1.39 bits per heavy atom. The highest BCUT2D eigenvalue weighted by Crippen LogP contribution is 2.32. The molecule has 1 heterocycles. The molecule has 1 atom stereocenters. The van der Waals surface area contributed by atoms with Crippen LogP contribution in [0, 0.1) is 0 Å². The number of amides is 1. The van der Waals surface area contributed by atoms with E-state index in [1.807, 2.05) is 32.2 Å². The van der Waals surface area contributed by atoms with Crippen molar-refractivity contribution in [3.05, 3.63) is 23.8 Å². The second kappa shape index (κ2) is 5.29. The zero-order chi connectivity index (χ0) is 13.1. The molecule has 0 radical (unpaired) electrons. The van der Waals surface area contributed by atoms with Gasteiger partial charge < -0.3 is 14.4 Å². The quantitative estimate of drug-likeness (QED) is 0.821. The molecular weight excluding hydrogens is 230 g/mol. The van der Waals surface area contributed by atoms with Crippen molar-refractivity contribution < 1.29 is 14.3 Å². The van der Waals surface area contributed by atoms with Gasteiger partial charge in [-0.3, -0.25) is 4.79 Å². The van der Waals surface area contributed by atoms with Crippen molar-refractivity contribution in [3.63, 3.8) is 0 Å². The van der Waals surface area contributed by atoms with E-state index in [2.05, 4.69) is 6.92 Å². The maximum Gasteiger partial charge on any atom is 0.231 e. The monoisotopic (exact) mass is 249 g/mol.